The summed E-state index contributed by atoms with van der Waals surface area (Å²) in [6.07, 6.45) is 0.816. The maximum Gasteiger partial charge on any atom is 0.490 e. The number of carbonyl (C=O) groups is 2. The number of carbonyl (C=O) groups excluding carboxylic acids is 1. The van der Waals surface area contributed by atoms with Crippen LogP contribution >= 0.6 is 0 Å². The van der Waals surface area contributed by atoms with Gasteiger partial charge in [-0.3, -0.25) is 14.4 Å². The summed E-state index contributed by atoms with van der Waals surface area (Å²) < 4.78 is 47.4. The number of hydrogen-bond donors (Lipinski definition) is 1. The highest BCUT2D eigenvalue weighted by molar-refractivity contribution is 5.94. The van der Waals surface area contributed by atoms with E-state index in [0.29, 0.717) is 17.2 Å². The number of likely N-dealkylation sites (tertiary alicyclic amines) is 2. The van der Waals surface area contributed by atoms with Crippen molar-refractivity contribution in [1.82, 2.24) is 19.6 Å². The van der Waals surface area contributed by atoms with Crippen molar-refractivity contribution in [2.24, 2.45) is 7.05 Å². The van der Waals surface area contributed by atoms with Gasteiger partial charge in [-0.25, -0.2) is 9.18 Å². The Labute approximate surface area is 182 Å². The number of nitrogens with zero attached hydrogens (tertiary/aromatic N) is 4. The molecule has 2 aliphatic rings. The van der Waals surface area contributed by atoms with Crippen molar-refractivity contribution in [3.63, 3.8) is 0 Å². The van der Waals surface area contributed by atoms with Crippen molar-refractivity contribution < 1.29 is 32.3 Å². The molecular formula is C21H24F4N4O3. The van der Waals surface area contributed by atoms with Gasteiger partial charge in [0.2, 0.25) is 0 Å². The lowest BCUT2D eigenvalue weighted by Crippen LogP contribution is -2.39. The third kappa shape index (κ3) is 5.26. The number of aromatic nitrogens is 2. The van der Waals surface area contributed by atoms with Crippen molar-refractivity contribution in [2.75, 3.05) is 13.1 Å². The van der Waals surface area contributed by atoms with Crippen LogP contribution in [-0.4, -0.2) is 67.9 Å². The van der Waals surface area contributed by atoms with Gasteiger partial charge in [0.15, 0.2) is 0 Å². The van der Waals surface area contributed by atoms with Gasteiger partial charge >= 0.3 is 12.1 Å². The van der Waals surface area contributed by atoms with E-state index >= 15 is 0 Å². The van der Waals surface area contributed by atoms with Gasteiger partial charge in [-0.15, -0.1) is 0 Å². The molecule has 2 aromatic rings. The Morgan fingerprint density at radius 1 is 1.19 bits per heavy atom. The van der Waals surface area contributed by atoms with E-state index in [-0.39, 0.29) is 17.8 Å². The van der Waals surface area contributed by atoms with Gasteiger partial charge in [0.05, 0.1) is 6.20 Å². The maximum absolute atomic E-state index is 13.8. The molecule has 0 spiro atoms. The number of hydrogen-bond acceptors (Lipinski definition) is 4. The SMILES string of the molecule is Cc1ccc(C(=O)N2CC[C@H]3[C@H]2CCN3Cc2cnn(C)c2)cc1F.O=C(O)C(F)(F)F. The molecular weight excluding hydrogens is 432 g/mol. The van der Waals surface area contributed by atoms with Crippen molar-refractivity contribution in [3.8, 4) is 0 Å². The summed E-state index contributed by atoms with van der Waals surface area (Å²) in [7, 11) is 1.92. The molecule has 11 heteroatoms. The summed E-state index contributed by atoms with van der Waals surface area (Å²) in [6, 6.07) is 5.40. The molecule has 1 amide bonds. The number of aryl methyl sites for hydroxylation is 2. The summed E-state index contributed by atoms with van der Waals surface area (Å²) in [5.74, 6) is -3.12. The molecule has 3 heterocycles. The topological polar surface area (TPSA) is 78.7 Å². The molecule has 32 heavy (non-hydrogen) atoms. The zero-order valence-corrected chi connectivity index (χ0v) is 17.6. The Morgan fingerprint density at radius 2 is 1.84 bits per heavy atom. The van der Waals surface area contributed by atoms with Gasteiger partial charge < -0.3 is 10.0 Å². The van der Waals surface area contributed by atoms with Gasteiger partial charge in [0.25, 0.3) is 5.91 Å². The minimum absolute atomic E-state index is 0.0466. The molecule has 1 N–H and O–H groups in total. The summed E-state index contributed by atoms with van der Waals surface area (Å²) >= 11 is 0. The summed E-state index contributed by atoms with van der Waals surface area (Å²) in [5, 5.41) is 11.4. The number of benzene rings is 1. The maximum atomic E-state index is 13.8. The van der Waals surface area contributed by atoms with E-state index in [0.717, 1.165) is 32.5 Å². The predicted molar refractivity (Wildman–Crippen MR) is 106 cm³/mol. The molecule has 1 aromatic heterocycles. The lowest BCUT2D eigenvalue weighted by molar-refractivity contribution is -0.192. The Hall–Kier alpha value is -2.95. The molecule has 0 bridgehead atoms. The number of fused-ring (bicyclic) bond motifs is 1. The average molecular weight is 456 g/mol. The number of rotatable bonds is 3. The number of amides is 1. The minimum Gasteiger partial charge on any atom is -0.475 e. The third-order valence-electron chi connectivity index (χ3n) is 5.76. The van der Waals surface area contributed by atoms with Gasteiger partial charge in [0, 0.05) is 56.1 Å². The highest BCUT2D eigenvalue weighted by atomic mass is 19.4. The van der Waals surface area contributed by atoms with Crippen LogP contribution in [0.25, 0.3) is 0 Å². The van der Waals surface area contributed by atoms with Crippen LogP contribution in [0.3, 0.4) is 0 Å². The van der Waals surface area contributed by atoms with Crippen LogP contribution in [-0.2, 0) is 18.4 Å². The van der Waals surface area contributed by atoms with Gasteiger partial charge in [-0.05, 0) is 37.5 Å². The molecule has 174 valence electrons. The lowest BCUT2D eigenvalue weighted by Gasteiger charge is -2.25. The first kappa shape index (κ1) is 23.7. The summed E-state index contributed by atoms with van der Waals surface area (Å²) in [4.78, 5) is 26.1. The van der Waals surface area contributed by atoms with E-state index in [1.165, 1.54) is 11.6 Å². The molecule has 0 unspecified atom stereocenters. The van der Waals surface area contributed by atoms with E-state index < -0.39 is 12.1 Å². The van der Waals surface area contributed by atoms with E-state index in [2.05, 4.69) is 10.00 Å². The van der Waals surface area contributed by atoms with E-state index in [1.807, 2.05) is 29.0 Å². The van der Waals surface area contributed by atoms with Crippen LogP contribution in [0, 0.1) is 12.7 Å². The van der Waals surface area contributed by atoms with Gasteiger partial charge in [0.1, 0.15) is 5.82 Å². The fourth-order valence-corrected chi connectivity index (χ4v) is 4.20. The number of carboxylic acid groups (broad SMARTS) is 1. The highest BCUT2D eigenvalue weighted by Crippen LogP contribution is 2.33. The van der Waals surface area contributed by atoms with Gasteiger partial charge in [-0.1, -0.05) is 6.07 Å². The molecule has 2 aliphatic heterocycles. The monoisotopic (exact) mass is 456 g/mol. The first-order valence-electron chi connectivity index (χ1n) is 10.1. The first-order chi connectivity index (χ1) is 15.0. The van der Waals surface area contributed by atoms with E-state index in [4.69, 9.17) is 9.90 Å². The first-order valence-corrected chi connectivity index (χ1v) is 10.1. The zero-order chi connectivity index (χ0) is 23.6. The van der Waals surface area contributed by atoms with Crippen molar-refractivity contribution in [1.29, 1.82) is 0 Å². The van der Waals surface area contributed by atoms with Crippen molar-refractivity contribution in [2.45, 2.75) is 44.6 Å². The number of carboxylic acids is 1. The Morgan fingerprint density at radius 3 is 2.41 bits per heavy atom. The lowest BCUT2D eigenvalue weighted by atomic mass is 10.1. The smallest absolute Gasteiger partial charge is 0.475 e. The largest absolute Gasteiger partial charge is 0.490 e. The van der Waals surface area contributed by atoms with Crippen LogP contribution < -0.4 is 0 Å². The summed E-state index contributed by atoms with van der Waals surface area (Å²) in [5.41, 5.74) is 2.22. The molecule has 2 atom stereocenters. The number of alkyl halides is 3. The quantitative estimate of drug-likeness (QED) is 0.719. The molecule has 0 aliphatic carbocycles. The number of halogens is 4. The zero-order valence-electron chi connectivity index (χ0n) is 17.6. The second kappa shape index (κ2) is 9.27. The molecule has 0 saturated carbocycles. The molecule has 1 aromatic carbocycles. The minimum atomic E-state index is -5.08. The normalized spacial score (nSPS) is 20.6. The van der Waals surface area contributed by atoms with Gasteiger partial charge in [-0.2, -0.15) is 18.3 Å². The molecule has 0 radical (unpaired) electrons. The van der Waals surface area contributed by atoms with Crippen LogP contribution in [0.2, 0.25) is 0 Å². The predicted octanol–water partition coefficient (Wildman–Crippen LogP) is 2.99. The van der Waals surface area contributed by atoms with Crippen LogP contribution in [0.4, 0.5) is 17.6 Å². The standard InChI is InChI=1S/C19H23FN4O.C2HF3O2/c1-13-3-4-15(9-16(13)20)19(25)24-8-6-17-18(24)5-7-23(17)12-14-10-21-22(2)11-14;3-2(4,5)1(6)7/h3-4,9-11,17-18H,5-8,12H2,1-2H3;(H,6,7)/t17-,18+;/m0./s1. The average Bonchev–Trinajstić information content (AvgIpc) is 3.41. The third-order valence-corrected chi connectivity index (χ3v) is 5.76. The fraction of sp³-hybridized carbons (Fsp3) is 0.476. The second-order valence-electron chi connectivity index (χ2n) is 7.97. The van der Waals surface area contributed by atoms with Crippen molar-refractivity contribution in [3.05, 3.63) is 53.1 Å². The van der Waals surface area contributed by atoms with E-state index in [9.17, 15) is 22.4 Å². The Bertz CT molecular complexity index is 992. The molecule has 7 nitrogen and oxygen atoms in total. The second-order valence-corrected chi connectivity index (χ2v) is 7.97. The molecule has 2 saturated heterocycles. The van der Waals surface area contributed by atoms with Crippen LogP contribution in [0.5, 0.6) is 0 Å². The summed E-state index contributed by atoms with van der Waals surface area (Å²) in [6.45, 7) is 4.31. The van der Waals surface area contributed by atoms with Crippen molar-refractivity contribution >= 4 is 11.9 Å². The molecule has 4 rings (SSSR count). The highest BCUT2D eigenvalue weighted by Gasteiger charge is 2.44. The van der Waals surface area contributed by atoms with Crippen LogP contribution in [0.1, 0.15) is 34.3 Å². The fourth-order valence-electron chi connectivity index (χ4n) is 4.20. The number of aliphatic carboxylic acids is 1. The van der Waals surface area contributed by atoms with E-state index in [1.54, 1.807) is 19.1 Å². The Balaban J connectivity index is 0.000000360. The molecule has 2 fully saturated rings. The van der Waals surface area contributed by atoms with Crippen LogP contribution in [0.15, 0.2) is 30.6 Å². The Kier molecular flexibility index (Phi) is 6.87.